The molecule has 0 bridgehead atoms. The van der Waals surface area contributed by atoms with Crippen LogP contribution in [0, 0.1) is 0 Å². The van der Waals surface area contributed by atoms with Gasteiger partial charge in [0.2, 0.25) is 0 Å². The van der Waals surface area contributed by atoms with Crippen LogP contribution in [0.15, 0.2) is 48.5 Å². The lowest BCUT2D eigenvalue weighted by Gasteiger charge is -2.07. The Morgan fingerprint density at radius 3 is 2.36 bits per heavy atom. The van der Waals surface area contributed by atoms with Gasteiger partial charge in [-0.1, -0.05) is 24.3 Å². The van der Waals surface area contributed by atoms with Gasteiger partial charge in [0.1, 0.15) is 0 Å². The van der Waals surface area contributed by atoms with E-state index in [0.29, 0.717) is 0 Å². The van der Waals surface area contributed by atoms with Crippen LogP contribution in [-0.4, -0.2) is 37.8 Å². The first kappa shape index (κ1) is 9.59. The normalized spacial score (nSPS) is 19.6. The molecule has 6 heteroatoms. The SMILES string of the molecule is [2H]/C(=C\c1ccc(OC([2H])([2H])[2H])c(OC([2H])([2H])[2H])c1)C(=O)CC(=O)/C([2H])=C(\[2H])c1ccc(O)c(OC([2H])([2H])[2H])c1. The maximum Gasteiger partial charge on any atom is 0.163 e. The number of ether oxygens (including phenoxy) is 3. The van der Waals surface area contributed by atoms with Gasteiger partial charge in [0.15, 0.2) is 34.6 Å². The van der Waals surface area contributed by atoms with Gasteiger partial charge in [-0.15, -0.1) is 0 Å². The van der Waals surface area contributed by atoms with E-state index < -0.39 is 80.3 Å². The number of aromatic hydroxyl groups is 1. The van der Waals surface area contributed by atoms with Gasteiger partial charge in [-0.25, -0.2) is 0 Å². The highest BCUT2D eigenvalue weighted by Crippen LogP contribution is 2.28. The number of allylic oxidation sites excluding steroid dienone is 2. The van der Waals surface area contributed by atoms with Gasteiger partial charge in [-0.05, 0) is 47.5 Å². The van der Waals surface area contributed by atoms with Crippen LogP contribution in [0.2, 0.25) is 0 Å². The van der Waals surface area contributed by atoms with E-state index in [2.05, 4.69) is 4.74 Å². The summed E-state index contributed by atoms with van der Waals surface area (Å²) in [6, 6.07) is 3.94. The minimum Gasteiger partial charge on any atom is -0.504 e. The third-order valence-electron chi connectivity index (χ3n) is 3.32. The number of rotatable bonds is 9. The molecule has 0 spiro atoms. The zero-order chi connectivity index (χ0) is 30.6. The summed E-state index contributed by atoms with van der Waals surface area (Å²) in [5, 5.41) is 9.76. The number of hydrogen-bond donors (Lipinski definition) is 1. The van der Waals surface area contributed by atoms with Crippen molar-refractivity contribution in [3.8, 4) is 23.0 Å². The van der Waals surface area contributed by atoms with Crippen molar-refractivity contribution in [1.82, 2.24) is 0 Å². The van der Waals surface area contributed by atoms with Crippen molar-refractivity contribution in [2.45, 2.75) is 6.42 Å². The van der Waals surface area contributed by atoms with Crippen molar-refractivity contribution in [3.63, 3.8) is 0 Å². The van der Waals surface area contributed by atoms with Crippen molar-refractivity contribution in [3.05, 3.63) is 59.6 Å². The fraction of sp³-hybridized carbons (Fsp3) is 0.182. The largest absolute Gasteiger partial charge is 0.504 e. The van der Waals surface area contributed by atoms with Crippen molar-refractivity contribution in [1.29, 1.82) is 0 Å². The number of carbonyl (C=O) groups excluding carboxylic acids is 2. The van der Waals surface area contributed by atoms with Gasteiger partial charge in [-0.2, -0.15) is 0 Å². The van der Waals surface area contributed by atoms with Crippen molar-refractivity contribution < 1.29 is 45.4 Å². The standard InChI is InChI=1S/C22H22O6/c1-26-20-11-7-16(13-22(20)28-3)5-9-18(24)14-17(23)8-4-15-6-10-19(25)21(12-15)27-2/h4-13,25H,14H2,1-3H3/b8-4+,9-5+/i1D3,2D3,3D3,4D,8D,9D. The third kappa shape index (κ3) is 5.74. The molecule has 2 rings (SSSR count). The Labute approximate surface area is 180 Å². The van der Waals surface area contributed by atoms with Crippen LogP contribution in [0.5, 0.6) is 23.0 Å². The molecule has 0 saturated carbocycles. The fourth-order valence-corrected chi connectivity index (χ4v) is 2.00. The Bertz CT molecular complexity index is 1340. The van der Waals surface area contributed by atoms with Crippen LogP contribution in [0.4, 0.5) is 0 Å². The number of carbonyl (C=O) groups is 2. The summed E-state index contributed by atoms with van der Waals surface area (Å²) in [6.07, 6.45) is -0.0550. The molecular weight excluding hydrogens is 360 g/mol. The molecule has 146 valence electrons. The Hall–Kier alpha value is -3.54. The molecule has 28 heavy (non-hydrogen) atoms. The lowest BCUT2D eigenvalue weighted by molar-refractivity contribution is -0.121. The van der Waals surface area contributed by atoms with E-state index in [-0.39, 0.29) is 11.1 Å². The highest BCUT2D eigenvalue weighted by Gasteiger charge is 2.06. The predicted octanol–water partition coefficient (Wildman–Crippen LogP) is 3.67. The Morgan fingerprint density at radius 1 is 0.929 bits per heavy atom. The predicted molar refractivity (Wildman–Crippen MR) is 107 cm³/mol. The molecule has 0 atom stereocenters. The van der Waals surface area contributed by atoms with Crippen molar-refractivity contribution in [2.75, 3.05) is 21.1 Å². The summed E-state index contributed by atoms with van der Waals surface area (Å²) in [5.74, 6) is -4.24. The molecule has 0 unspecified atom stereocenters. The smallest absolute Gasteiger partial charge is 0.163 e. The second kappa shape index (κ2) is 9.97. The van der Waals surface area contributed by atoms with Crippen LogP contribution in [-0.2, 0) is 9.59 Å². The summed E-state index contributed by atoms with van der Waals surface area (Å²) in [6.45, 7) is 0. The third-order valence-corrected chi connectivity index (χ3v) is 3.32. The summed E-state index contributed by atoms with van der Waals surface area (Å²) in [5.41, 5.74) is -0.137. The van der Waals surface area contributed by atoms with Gasteiger partial charge in [-0.3, -0.25) is 9.59 Å². The van der Waals surface area contributed by atoms with Crippen LogP contribution in [0.1, 0.15) is 34.0 Å². The molecule has 0 aromatic heterocycles. The van der Waals surface area contributed by atoms with Crippen LogP contribution in [0.25, 0.3) is 12.1 Å². The number of phenolic OH excluding ortho intramolecular Hbond substituents is 1. The molecule has 2 aromatic carbocycles. The summed E-state index contributed by atoms with van der Waals surface area (Å²) < 4.78 is 103. The monoisotopic (exact) mass is 394 g/mol. The molecule has 0 saturated heterocycles. The van der Waals surface area contributed by atoms with Gasteiger partial charge in [0.25, 0.3) is 0 Å². The number of benzene rings is 2. The van der Waals surface area contributed by atoms with Crippen LogP contribution in [0.3, 0.4) is 0 Å². The van der Waals surface area contributed by atoms with E-state index >= 15 is 0 Å². The average molecular weight is 394 g/mol. The van der Waals surface area contributed by atoms with Gasteiger partial charge in [0, 0.05) is 0 Å². The topological polar surface area (TPSA) is 82.1 Å². The molecule has 0 fully saturated rings. The zero-order valence-electron chi connectivity index (χ0n) is 26.2. The molecule has 1 N–H and O–H groups in total. The molecule has 0 amide bonds. The van der Waals surface area contributed by atoms with E-state index in [0.717, 1.165) is 36.4 Å². The molecule has 2 aromatic rings. The van der Waals surface area contributed by atoms with E-state index in [1.807, 2.05) is 0 Å². The van der Waals surface area contributed by atoms with Gasteiger partial charge in [0.05, 0.1) is 44.0 Å². The number of phenols is 1. The first-order valence-corrected chi connectivity index (χ1v) is 7.62. The number of hydrogen-bond acceptors (Lipinski definition) is 6. The van der Waals surface area contributed by atoms with Crippen molar-refractivity contribution in [2.24, 2.45) is 0 Å². The maximum atomic E-state index is 12.5. The number of ketones is 2. The minimum atomic E-state index is -2.98. The molecule has 0 aliphatic carbocycles. The van der Waals surface area contributed by atoms with E-state index in [1.165, 1.54) is 6.07 Å². The maximum absolute atomic E-state index is 12.5. The van der Waals surface area contributed by atoms with Crippen molar-refractivity contribution >= 4 is 23.7 Å². The second-order valence-electron chi connectivity index (χ2n) is 5.26. The van der Waals surface area contributed by atoms with Crippen LogP contribution >= 0.6 is 0 Å². The highest BCUT2D eigenvalue weighted by molar-refractivity contribution is 6.10. The Kier molecular flexibility index (Phi) is 3.41. The Balaban J connectivity index is 2.28. The Morgan fingerprint density at radius 2 is 1.57 bits per heavy atom. The summed E-state index contributed by atoms with van der Waals surface area (Å²) in [4.78, 5) is 24.9. The summed E-state index contributed by atoms with van der Waals surface area (Å²) in [7, 11) is -8.83. The molecule has 0 aliphatic heterocycles. The zero-order valence-corrected chi connectivity index (χ0v) is 14.2. The highest BCUT2D eigenvalue weighted by atomic mass is 16.5. The lowest BCUT2D eigenvalue weighted by atomic mass is 10.1. The molecule has 0 heterocycles. The number of methoxy groups -OCH3 is 3. The summed E-state index contributed by atoms with van der Waals surface area (Å²) >= 11 is 0. The first-order chi connectivity index (χ1) is 18.1. The lowest BCUT2D eigenvalue weighted by Crippen LogP contribution is -2.01. The van der Waals surface area contributed by atoms with Crippen LogP contribution < -0.4 is 14.2 Å². The van der Waals surface area contributed by atoms with Gasteiger partial charge >= 0.3 is 0 Å². The molecular formula is C22H22O6. The average Bonchev–Trinajstić information content (AvgIpc) is 2.78. The molecule has 0 radical (unpaired) electrons. The van der Waals surface area contributed by atoms with E-state index in [1.54, 1.807) is 0 Å². The first-order valence-electron chi connectivity index (χ1n) is 13.6. The van der Waals surface area contributed by atoms with E-state index in [9.17, 15) is 14.7 Å². The second-order valence-corrected chi connectivity index (χ2v) is 5.26. The fourth-order valence-electron chi connectivity index (χ4n) is 2.00. The van der Waals surface area contributed by atoms with E-state index in [4.69, 9.17) is 25.9 Å². The quantitative estimate of drug-likeness (QED) is 0.516. The molecule has 6 nitrogen and oxygen atoms in total. The van der Waals surface area contributed by atoms with Gasteiger partial charge < -0.3 is 19.3 Å². The minimum absolute atomic E-state index is 0.0247. The molecule has 0 aliphatic rings.